The van der Waals surface area contributed by atoms with E-state index in [9.17, 15) is 9.36 Å². The topological polar surface area (TPSA) is 159 Å². The lowest BCUT2D eigenvalue weighted by molar-refractivity contribution is -0.143. The van der Waals surface area contributed by atoms with Gasteiger partial charge < -0.3 is 30.3 Å². The Morgan fingerprint density at radius 1 is 1.27 bits per heavy atom. The number of rotatable bonds is 13. The van der Waals surface area contributed by atoms with Crippen molar-refractivity contribution in [3.63, 3.8) is 0 Å². The first-order valence-corrected chi connectivity index (χ1v) is 15.1. The Bertz CT molecular complexity index is 1170. The normalized spacial score (nSPS) is 21.4. The molecule has 1 aromatic carbocycles. The van der Waals surface area contributed by atoms with Crippen molar-refractivity contribution in [2.75, 3.05) is 39.0 Å². The molecule has 3 atom stereocenters. The number of benzene rings is 1. The molecule has 1 saturated heterocycles. The minimum Gasteiger partial charge on any atom is -0.464 e. The van der Waals surface area contributed by atoms with Gasteiger partial charge in [-0.2, -0.15) is 0 Å². The molecule has 222 valence electrons. The molecule has 0 saturated carbocycles. The van der Waals surface area contributed by atoms with Crippen LogP contribution >= 0.6 is 7.75 Å². The Kier molecular flexibility index (Phi) is 11.6. The summed E-state index contributed by atoms with van der Waals surface area (Å²) in [6.45, 7) is 6.41. The Balaban J connectivity index is 0.00000216. The van der Waals surface area contributed by atoms with Crippen LogP contribution in [0.2, 0.25) is 0 Å². The summed E-state index contributed by atoms with van der Waals surface area (Å²) in [5.74, 6) is 0.603. The SMILES string of the molecule is CCC(CC)COC(=O)CN[P@](=O)(OCC1(C)CCC(c2ccc3n2NCN=C3N)O1)Oc1ccccc1.CO. The quantitative estimate of drug-likeness (QED) is 0.204. The summed E-state index contributed by atoms with van der Waals surface area (Å²) in [6, 6.07) is 12.6. The first-order valence-electron chi connectivity index (χ1n) is 13.5. The number of nitrogens with two attached hydrogens (primary N) is 1. The fourth-order valence-corrected chi connectivity index (χ4v) is 5.83. The van der Waals surface area contributed by atoms with Crippen molar-refractivity contribution in [2.24, 2.45) is 16.6 Å². The van der Waals surface area contributed by atoms with Gasteiger partial charge in [-0.3, -0.25) is 14.0 Å². The Morgan fingerprint density at radius 2 is 2.00 bits per heavy atom. The highest BCUT2D eigenvalue weighted by molar-refractivity contribution is 7.52. The number of carbonyl (C=O) groups excluding carboxylic acids is 1. The van der Waals surface area contributed by atoms with Crippen molar-refractivity contribution in [1.82, 2.24) is 9.76 Å². The molecule has 0 spiro atoms. The summed E-state index contributed by atoms with van der Waals surface area (Å²) < 4.78 is 39.0. The summed E-state index contributed by atoms with van der Waals surface area (Å²) in [5.41, 5.74) is 10.2. The van der Waals surface area contributed by atoms with E-state index < -0.39 is 19.3 Å². The monoisotopic (exact) mass is 579 g/mol. The second-order valence-electron chi connectivity index (χ2n) is 9.81. The van der Waals surface area contributed by atoms with Gasteiger partial charge in [-0.05, 0) is 49.9 Å². The van der Waals surface area contributed by atoms with Crippen LogP contribution in [0.15, 0.2) is 47.5 Å². The summed E-state index contributed by atoms with van der Waals surface area (Å²) in [6.07, 6.45) is 3.03. The van der Waals surface area contributed by atoms with Gasteiger partial charge in [0.15, 0.2) is 0 Å². The highest BCUT2D eigenvalue weighted by Crippen LogP contribution is 2.47. The van der Waals surface area contributed by atoms with E-state index in [4.69, 9.17) is 29.4 Å². The number of hydrogen-bond donors (Lipinski definition) is 4. The van der Waals surface area contributed by atoms with E-state index in [0.717, 1.165) is 37.8 Å². The van der Waals surface area contributed by atoms with Crippen LogP contribution in [0.4, 0.5) is 0 Å². The fourth-order valence-electron chi connectivity index (χ4n) is 4.46. The van der Waals surface area contributed by atoms with Gasteiger partial charge in [0, 0.05) is 7.11 Å². The standard InChI is InChI=1S/C26H38N5O6P.CH4O/c1-4-19(5-2)16-34-24(32)15-30-38(33,37-20-9-7-6-8-10-20)35-17-26(3)14-13-23(36-26)21-11-12-22-25(27)28-18-29-31(21)22;1-2/h6-12,19,23,29H,4-5,13-18H2,1-3H3,(H2,27,28)(H,30,33);2H,1H3/t23?,26?,38-;/m0./s1. The number of amidine groups is 1. The van der Waals surface area contributed by atoms with Crippen LogP contribution in [0.25, 0.3) is 0 Å². The Morgan fingerprint density at radius 3 is 2.70 bits per heavy atom. The van der Waals surface area contributed by atoms with Gasteiger partial charge in [-0.25, -0.2) is 14.6 Å². The van der Waals surface area contributed by atoms with Crippen molar-refractivity contribution in [3.05, 3.63) is 53.9 Å². The number of aliphatic hydroxyl groups is 1. The average Bonchev–Trinajstić information content (AvgIpc) is 3.58. The Hall–Kier alpha value is -2.89. The highest BCUT2D eigenvalue weighted by Gasteiger charge is 2.41. The second-order valence-corrected chi connectivity index (χ2v) is 11.6. The third-order valence-electron chi connectivity index (χ3n) is 6.90. The van der Waals surface area contributed by atoms with Gasteiger partial charge in [-0.15, -0.1) is 0 Å². The largest absolute Gasteiger partial charge is 0.464 e. The lowest BCUT2D eigenvalue weighted by Gasteiger charge is -2.28. The number of carbonyl (C=O) groups is 1. The number of esters is 1. The summed E-state index contributed by atoms with van der Waals surface area (Å²) in [5, 5.41) is 9.67. The zero-order chi connectivity index (χ0) is 29.2. The van der Waals surface area contributed by atoms with Crippen molar-refractivity contribution in [2.45, 2.75) is 58.2 Å². The maximum atomic E-state index is 13.7. The van der Waals surface area contributed by atoms with Crippen molar-refractivity contribution >= 4 is 19.6 Å². The Labute approximate surface area is 235 Å². The van der Waals surface area contributed by atoms with Gasteiger partial charge in [0.25, 0.3) is 0 Å². The highest BCUT2D eigenvalue weighted by atomic mass is 31.2. The van der Waals surface area contributed by atoms with Crippen LogP contribution < -0.4 is 20.8 Å². The first-order chi connectivity index (χ1) is 19.2. The first kappa shape index (κ1) is 31.6. The van der Waals surface area contributed by atoms with Gasteiger partial charge in [0.05, 0.1) is 24.5 Å². The molecule has 3 heterocycles. The van der Waals surface area contributed by atoms with E-state index >= 15 is 0 Å². The molecular formula is C27H42N5O7P. The zero-order valence-corrected chi connectivity index (χ0v) is 24.6. The maximum Gasteiger partial charge on any atom is 0.459 e. The van der Waals surface area contributed by atoms with E-state index in [1.165, 1.54) is 0 Å². The molecular weight excluding hydrogens is 537 g/mol. The molecule has 2 unspecified atom stereocenters. The van der Waals surface area contributed by atoms with Gasteiger partial charge >= 0.3 is 13.7 Å². The van der Waals surface area contributed by atoms with E-state index in [0.29, 0.717) is 37.2 Å². The molecule has 40 heavy (non-hydrogen) atoms. The summed E-state index contributed by atoms with van der Waals surface area (Å²) in [4.78, 5) is 16.6. The van der Waals surface area contributed by atoms with E-state index in [-0.39, 0.29) is 19.3 Å². The smallest absolute Gasteiger partial charge is 0.459 e. The maximum absolute atomic E-state index is 13.7. The van der Waals surface area contributed by atoms with Gasteiger partial charge in [-0.1, -0.05) is 44.9 Å². The number of para-hydroxylation sites is 1. The number of nitrogens with one attached hydrogen (secondary N) is 2. The predicted octanol–water partition coefficient (Wildman–Crippen LogP) is 3.70. The lowest BCUT2D eigenvalue weighted by atomic mass is 10.0. The third-order valence-corrected chi connectivity index (χ3v) is 8.37. The number of aromatic nitrogens is 1. The van der Waals surface area contributed by atoms with Crippen LogP contribution in [0, 0.1) is 5.92 Å². The van der Waals surface area contributed by atoms with Crippen LogP contribution in [0.1, 0.15) is 63.9 Å². The molecule has 2 aliphatic rings. The minimum absolute atomic E-state index is 0.00596. The van der Waals surface area contributed by atoms with E-state index in [1.54, 1.807) is 24.3 Å². The molecule has 0 bridgehead atoms. The molecule has 4 rings (SSSR count). The molecule has 0 amide bonds. The number of ether oxygens (including phenoxy) is 2. The van der Waals surface area contributed by atoms with E-state index in [2.05, 4.69) is 29.4 Å². The van der Waals surface area contributed by atoms with Crippen LogP contribution in [0.5, 0.6) is 5.75 Å². The predicted molar refractivity (Wildman–Crippen MR) is 153 cm³/mol. The van der Waals surface area contributed by atoms with Crippen LogP contribution in [0.3, 0.4) is 0 Å². The molecule has 2 aliphatic heterocycles. The van der Waals surface area contributed by atoms with Gasteiger partial charge in [0.2, 0.25) is 0 Å². The molecule has 12 nitrogen and oxygen atoms in total. The fraction of sp³-hybridized carbons (Fsp3) is 0.556. The summed E-state index contributed by atoms with van der Waals surface area (Å²) >= 11 is 0. The molecule has 0 aliphatic carbocycles. The molecule has 13 heteroatoms. The molecule has 5 N–H and O–H groups in total. The molecule has 1 fully saturated rings. The minimum atomic E-state index is -3.94. The third kappa shape index (κ3) is 8.31. The number of aliphatic imine (C=N–C) groups is 1. The number of aliphatic hydroxyl groups excluding tert-OH is 1. The van der Waals surface area contributed by atoms with Crippen molar-refractivity contribution < 1.29 is 33.0 Å². The zero-order valence-electron chi connectivity index (χ0n) is 23.7. The van der Waals surface area contributed by atoms with Crippen molar-refractivity contribution in [1.29, 1.82) is 0 Å². The number of hydrogen-bond acceptors (Lipinski definition) is 10. The molecule has 2 aromatic rings. The number of fused-ring (bicyclic) bond motifs is 1. The molecule has 0 radical (unpaired) electrons. The van der Waals surface area contributed by atoms with Gasteiger partial charge in [0.1, 0.15) is 36.6 Å². The van der Waals surface area contributed by atoms with E-state index in [1.807, 2.05) is 29.8 Å². The second kappa shape index (κ2) is 14.7. The van der Waals surface area contributed by atoms with Crippen molar-refractivity contribution in [3.8, 4) is 5.75 Å². The van der Waals surface area contributed by atoms with Crippen LogP contribution in [-0.4, -0.2) is 60.7 Å². The number of nitrogens with zero attached hydrogens (tertiary/aromatic N) is 2. The lowest BCUT2D eigenvalue weighted by Crippen LogP contribution is -2.34. The van der Waals surface area contributed by atoms with Crippen LogP contribution in [-0.2, 0) is 23.4 Å². The average molecular weight is 580 g/mol. The molecule has 1 aromatic heterocycles. The summed E-state index contributed by atoms with van der Waals surface area (Å²) in [7, 11) is -2.94.